The van der Waals surface area contributed by atoms with Gasteiger partial charge in [0.1, 0.15) is 6.10 Å². The summed E-state index contributed by atoms with van der Waals surface area (Å²) in [6, 6.07) is 0. The lowest BCUT2D eigenvalue weighted by molar-refractivity contribution is -0.162. The highest BCUT2D eigenvalue weighted by Crippen LogP contribution is 2.40. The molecule has 0 aromatic rings. The highest BCUT2D eigenvalue weighted by Gasteiger charge is 2.39. The van der Waals surface area contributed by atoms with Gasteiger partial charge in [0, 0.05) is 11.8 Å². The molecule has 0 radical (unpaired) electrons. The summed E-state index contributed by atoms with van der Waals surface area (Å²) in [7, 11) is 0. The largest absolute Gasteiger partial charge is 0.462 e. The van der Waals surface area contributed by atoms with Gasteiger partial charge in [-0.3, -0.25) is 4.79 Å². The number of carbonyl (C=O) groups is 1. The van der Waals surface area contributed by atoms with Crippen LogP contribution in [-0.2, 0) is 9.53 Å². The molecule has 0 N–H and O–H groups in total. The van der Waals surface area contributed by atoms with Gasteiger partial charge in [-0.15, -0.1) is 0 Å². The molecule has 2 heteroatoms. The molecule has 1 fully saturated rings. The van der Waals surface area contributed by atoms with E-state index in [0.29, 0.717) is 12.3 Å². The molecule has 15 heavy (non-hydrogen) atoms. The van der Waals surface area contributed by atoms with Crippen molar-refractivity contribution in [2.75, 3.05) is 0 Å². The molecule has 0 saturated heterocycles. The number of carbonyl (C=O) groups excluding carboxylic acids is 1. The van der Waals surface area contributed by atoms with Crippen LogP contribution in [0.1, 0.15) is 59.8 Å². The average Bonchev–Trinajstić information content (AvgIpc) is 2.12. The predicted molar refractivity (Wildman–Crippen MR) is 61.6 cm³/mol. The van der Waals surface area contributed by atoms with Crippen LogP contribution in [0, 0.1) is 11.3 Å². The number of hydrogen-bond donors (Lipinski definition) is 0. The highest BCUT2D eigenvalue weighted by molar-refractivity contribution is 5.69. The van der Waals surface area contributed by atoms with Crippen molar-refractivity contribution in [2.24, 2.45) is 11.3 Å². The van der Waals surface area contributed by atoms with Crippen molar-refractivity contribution in [3.63, 3.8) is 0 Å². The molecular weight excluding hydrogens is 188 g/mol. The normalized spacial score (nSPS) is 29.9. The summed E-state index contributed by atoms with van der Waals surface area (Å²) in [5.41, 5.74) is 0.154. The van der Waals surface area contributed by atoms with Crippen molar-refractivity contribution >= 4 is 5.97 Å². The van der Waals surface area contributed by atoms with E-state index in [1.54, 1.807) is 0 Å². The maximum atomic E-state index is 11.5. The van der Waals surface area contributed by atoms with Gasteiger partial charge in [0.15, 0.2) is 0 Å². The quantitative estimate of drug-likeness (QED) is 0.669. The van der Waals surface area contributed by atoms with Gasteiger partial charge in [0.25, 0.3) is 0 Å². The zero-order chi connectivity index (χ0) is 11.5. The Morgan fingerprint density at radius 2 is 2.13 bits per heavy atom. The Bertz CT molecular complexity index is 221. The molecule has 1 aliphatic carbocycles. The molecule has 2 nitrogen and oxygen atoms in total. The number of esters is 1. The first-order valence-corrected chi connectivity index (χ1v) is 6.17. The van der Waals surface area contributed by atoms with Crippen LogP contribution < -0.4 is 0 Å². The summed E-state index contributed by atoms with van der Waals surface area (Å²) in [5, 5.41) is 0. The summed E-state index contributed by atoms with van der Waals surface area (Å²) in [6.07, 6.45) is 5.16. The Morgan fingerprint density at radius 3 is 2.67 bits per heavy atom. The molecule has 0 heterocycles. The molecule has 1 rings (SSSR count). The monoisotopic (exact) mass is 212 g/mol. The van der Waals surface area contributed by atoms with E-state index in [2.05, 4.69) is 20.8 Å². The van der Waals surface area contributed by atoms with Gasteiger partial charge >= 0.3 is 5.97 Å². The number of hydrogen-bond acceptors (Lipinski definition) is 2. The van der Waals surface area contributed by atoms with Crippen molar-refractivity contribution in [1.82, 2.24) is 0 Å². The number of rotatable bonds is 3. The lowest BCUT2D eigenvalue weighted by Gasteiger charge is -2.41. The van der Waals surface area contributed by atoms with Crippen molar-refractivity contribution in [1.29, 1.82) is 0 Å². The minimum Gasteiger partial charge on any atom is -0.462 e. The van der Waals surface area contributed by atoms with E-state index in [1.165, 1.54) is 19.3 Å². The van der Waals surface area contributed by atoms with Crippen LogP contribution in [0.2, 0.25) is 0 Å². The van der Waals surface area contributed by atoms with Gasteiger partial charge < -0.3 is 4.74 Å². The minimum atomic E-state index is -0.0238. The van der Waals surface area contributed by atoms with Crippen LogP contribution in [0.5, 0.6) is 0 Å². The zero-order valence-electron chi connectivity index (χ0n) is 10.5. The van der Waals surface area contributed by atoms with E-state index in [1.807, 2.05) is 6.92 Å². The molecule has 0 bridgehead atoms. The standard InChI is InChI=1S/C13H24O2/c1-5-7-11(14)15-12-10(2)8-6-9-13(12,3)4/h10,12H,5-9H2,1-4H3. The van der Waals surface area contributed by atoms with Crippen LogP contribution >= 0.6 is 0 Å². The molecule has 0 amide bonds. The van der Waals surface area contributed by atoms with E-state index in [-0.39, 0.29) is 17.5 Å². The summed E-state index contributed by atoms with van der Waals surface area (Å²) in [4.78, 5) is 11.5. The van der Waals surface area contributed by atoms with Gasteiger partial charge in [0.2, 0.25) is 0 Å². The van der Waals surface area contributed by atoms with Gasteiger partial charge in [-0.1, -0.05) is 34.1 Å². The van der Waals surface area contributed by atoms with Crippen LogP contribution in [0.15, 0.2) is 0 Å². The van der Waals surface area contributed by atoms with Crippen LogP contribution in [0.25, 0.3) is 0 Å². The second-order valence-corrected chi connectivity index (χ2v) is 5.52. The summed E-state index contributed by atoms with van der Waals surface area (Å²) < 4.78 is 5.62. The maximum absolute atomic E-state index is 11.5. The second kappa shape index (κ2) is 5.00. The molecule has 1 saturated carbocycles. The molecule has 0 spiro atoms. The molecule has 0 aromatic heterocycles. The fraction of sp³-hybridized carbons (Fsp3) is 0.923. The third kappa shape index (κ3) is 3.22. The zero-order valence-corrected chi connectivity index (χ0v) is 10.5. The Labute approximate surface area is 93.4 Å². The third-order valence-electron chi connectivity index (χ3n) is 3.48. The van der Waals surface area contributed by atoms with E-state index >= 15 is 0 Å². The SMILES string of the molecule is CCCC(=O)OC1C(C)CCCC1(C)C. The molecule has 2 atom stereocenters. The number of ether oxygens (including phenoxy) is 1. The molecule has 0 aliphatic heterocycles. The first-order chi connectivity index (χ1) is 6.97. The predicted octanol–water partition coefficient (Wildman–Crippen LogP) is 3.54. The summed E-state index contributed by atoms with van der Waals surface area (Å²) in [5.74, 6) is 0.485. The molecule has 2 unspecified atom stereocenters. The van der Waals surface area contributed by atoms with Gasteiger partial charge in [-0.2, -0.15) is 0 Å². The van der Waals surface area contributed by atoms with E-state index in [4.69, 9.17) is 4.74 Å². The fourth-order valence-electron chi connectivity index (χ4n) is 2.62. The Kier molecular flexibility index (Phi) is 4.18. The van der Waals surface area contributed by atoms with Crippen molar-refractivity contribution < 1.29 is 9.53 Å². The molecule has 88 valence electrons. The lowest BCUT2D eigenvalue weighted by atomic mass is 9.70. The topological polar surface area (TPSA) is 26.3 Å². The Morgan fingerprint density at radius 1 is 1.47 bits per heavy atom. The summed E-state index contributed by atoms with van der Waals surface area (Å²) >= 11 is 0. The van der Waals surface area contributed by atoms with Crippen molar-refractivity contribution in [3.8, 4) is 0 Å². The second-order valence-electron chi connectivity index (χ2n) is 5.52. The average molecular weight is 212 g/mol. The maximum Gasteiger partial charge on any atom is 0.306 e. The van der Waals surface area contributed by atoms with Gasteiger partial charge in [-0.25, -0.2) is 0 Å². The lowest BCUT2D eigenvalue weighted by Crippen LogP contribution is -2.42. The van der Waals surface area contributed by atoms with E-state index < -0.39 is 0 Å². The third-order valence-corrected chi connectivity index (χ3v) is 3.48. The molecular formula is C13H24O2. The Balaban J connectivity index is 2.59. The summed E-state index contributed by atoms with van der Waals surface area (Å²) in [6.45, 7) is 8.64. The van der Waals surface area contributed by atoms with Crippen LogP contribution in [0.3, 0.4) is 0 Å². The van der Waals surface area contributed by atoms with Gasteiger partial charge in [-0.05, 0) is 25.2 Å². The highest BCUT2D eigenvalue weighted by atomic mass is 16.5. The molecule has 1 aliphatic rings. The first-order valence-electron chi connectivity index (χ1n) is 6.17. The Hall–Kier alpha value is -0.530. The van der Waals surface area contributed by atoms with E-state index in [9.17, 15) is 4.79 Å². The minimum absolute atomic E-state index is 0.0238. The smallest absolute Gasteiger partial charge is 0.306 e. The van der Waals surface area contributed by atoms with Crippen molar-refractivity contribution in [2.45, 2.75) is 65.9 Å². The van der Waals surface area contributed by atoms with Gasteiger partial charge in [0.05, 0.1) is 0 Å². The van der Waals surface area contributed by atoms with Crippen molar-refractivity contribution in [3.05, 3.63) is 0 Å². The molecule has 0 aromatic carbocycles. The first kappa shape index (κ1) is 12.5. The van der Waals surface area contributed by atoms with E-state index in [0.717, 1.165) is 6.42 Å². The van der Waals surface area contributed by atoms with Crippen LogP contribution in [0.4, 0.5) is 0 Å². The van der Waals surface area contributed by atoms with Crippen LogP contribution in [-0.4, -0.2) is 12.1 Å². The fourth-order valence-corrected chi connectivity index (χ4v) is 2.62.